The zero-order valence-electron chi connectivity index (χ0n) is 11.6. The minimum atomic E-state index is -1.07. The second-order valence-corrected chi connectivity index (χ2v) is 4.56. The number of hydrogen-bond donors (Lipinski definition) is 3. The molecular formula is C12H21N3O5. The maximum Gasteiger partial charge on any atom is 0.326 e. The van der Waals surface area contributed by atoms with E-state index in [-0.39, 0.29) is 12.3 Å². The standard InChI is InChI=1S/C12H21N3O5/c1-20-8-2-3-9(11(17)18)14-12(19)15-6-4-10(16)13-5-7-15/h9H,2-8H2,1H3,(H,13,16)(H,14,19)(H,17,18). The molecule has 1 saturated heterocycles. The van der Waals surface area contributed by atoms with Gasteiger partial charge in [-0.25, -0.2) is 9.59 Å². The number of nitrogens with one attached hydrogen (secondary N) is 2. The number of urea groups is 1. The molecule has 1 unspecified atom stereocenters. The minimum absolute atomic E-state index is 0.102. The van der Waals surface area contributed by atoms with Crippen LogP contribution in [0.25, 0.3) is 0 Å². The lowest BCUT2D eigenvalue weighted by atomic mass is 10.1. The number of rotatable bonds is 6. The number of hydrogen-bond acceptors (Lipinski definition) is 4. The van der Waals surface area contributed by atoms with Crippen molar-refractivity contribution in [2.24, 2.45) is 0 Å². The fourth-order valence-electron chi connectivity index (χ4n) is 1.90. The minimum Gasteiger partial charge on any atom is -0.480 e. The van der Waals surface area contributed by atoms with Crippen molar-refractivity contribution in [1.82, 2.24) is 15.5 Å². The number of carbonyl (C=O) groups excluding carboxylic acids is 2. The summed E-state index contributed by atoms with van der Waals surface area (Å²) in [6.07, 6.45) is 1.09. The first-order chi connectivity index (χ1) is 9.54. The molecule has 3 N–H and O–H groups in total. The number of carboxylic acid groups (broad SMARTS) is 1. The van der Waals surface area contributed by atoms with E-state index in [1.54, 1.807) is 0 Å². The van der Waals surface area contributed by atoms with Crippen molar-refractivity contribution in [3.63, 3.8) is 0 Å². The molecule has 1 atom stereocenters. The van der Waals surface area contributed by atoms with Crippen molar-refractivity contribution >= 4 is 17.9 Å². The van der Waals surface area contributed by atoms with Crippen LogP contribution in [0.4, 0.5) is 4.79 Å². The molecule has 0 radical (unpaired) electrons. The molecule has 1 heterocycles. The van der Waals surface area contributed by atoms with E-state index in [0.29, 0.717) is 39.1 Å². The van der Waals surface area contributed by atoms with Crippen LogP contribution < -0.4 is 10.6 Å². The van der Waals surface area contributed by atoms with E-state index in [1.165, 1.54) is 12.0 Å². The van der Waals surface area contributed by atoms with Crippen LogP contribution >= 0.6 is 0 Å². The molecule has 0 aliphatic carbocycles. The van der Waals surface area contributed by atoms with E-state index in [4.69, 9.17) is 9.84 Å². The Kier molecular flexibility index (Phi) is 6.78. The number of carboxylic acids is 1. The maximum atomic E-state index is 12.0. The normalized spacial score (nSPS) is 17.1. The summed E-state index contributed by atoms with van der Waals surface area (Å²) in [6, 6.07) is -1.39. The Morgan fingerprint density at radius 3 is 2.90 bits per heavy atom. The molecule has 3 amide bonds. The predicted molar refractivity (Wildman–Crippen MR) is 70.3 cm³/mol. The predicted octanol–water partition coefficient (Wildman–Crippen LogP) is -0.602. The highest BCUT2D eigenvalue weighted by Gasteiger charge is 2.24. The Balaban J connectivity index is 2.47. The van der Waals surface area contributed by atoms with Gasteiger partial charge in [-0.2, -0.15) is 0 Å². The van der Waals surface area contributed by atoms with Crippen molar-refractivity contribution in [3.05, 3.63) is 0 Å². The molecule has 8 heteroatoms. The molecule has 1 aliphatic rings. The van der Waals surface area contributed by atoms with E-state index < -0.39 is 18.0 Å². The van der Waals surface area contributed by atoms with Gasteiger partial charge in [0.1, 0.15) is 6.04 Å². The van der Waals surface area contributed by atoms with E-state index in [1.807, 2.05) is 0 Å². The van der Waals surface area contributed by atoms with Crippen molar-refractivity contribution < 1.29 is 24.2 Å². The Morgan fingerprint density at radius 2 is 2.25 bits per heavy atom. The third kappa shape index (κ3) is 5.43. The zero-order chi connectivity index (χ0) is 15.0. The van der Waals surface area contributed by atoms with Gasteiger partial charge in [-0.1, -0.05) is 0 Å². The average molecular weight is 287 g/mol. The van der Waals surface area contributed by atoms with Crippen LogP contribution in [-0.2, 0) is 14.3 Å². The third-order valence-electron chi connectivity index (χ3n) is 3.04. The van der Waals surface area contributed by atoms with E-state index in [9.17, 15) is 14.4 Å². The highest BCUT2D eigenvalue weighted by molar-refractivity contribution is 5.83. The van der Waals surface area contributed by atoms with Gasteiger partial charge in [0.25, 0.3) is 0 Å². The molecular weight excluding hydrogens is 266 g/mol. The van der Waals surface area contributed by atoms with E-state index in [0.717, 1.165) is 0 Å². The lowest BCUT2D eigenvalue weighted by Crippen LogP contribution is -2.48. The highest BCUT2D eigenvalue weighted by Crippen LogP contribution is 2.02. The molecule has 0 spiro atoms. The first kappa shape index (κ1) is 16.2. The van der Waals surface area contributed by atoms with Gasteiger partial charge in [-0.15, -0.1) is 0 Å². The molecule has 114 valence electrons. The van der Waals surface area contributed by atoms with Crippen LogP contribution in [-0.4, -0.2) is 67.3 Å². The Bertz CT molecular complexity index is 361. The van der Waals surface area contributed by atoms with Gasteiger partial charge in [0, 0.05) is 39.8 Å². The molecule has 0 aromatic carbocycles. The SMILES string of the molecule is COCCCC(NC(=O)N1CCNC(=O)CC1)C(=O)O. The average Bonchev–Trinajstić information content (AvgIpc) is 2.62. The number of aliphatic carboxylic acids is 1. The van der Waals surface area contributed by atoms with Gasteiger partial charge in [-0.3, -0.25) is 4.79 Å². The topological polar surface area (TPSA) is 108 Å². The van der Waals surface area contributed by atoms with Crippen LogP contribution in [0, 0.1) is 0 Å². The third-order valence-corrected chi connectivity index (χ3v) is 3.04. The van der Waals surface area contributed by atoms with Gasteiger partial charge in [0.15, 0.2) is 0 Å². The largest absolute Gasteiger partial charge is 0.480 e. The smallest absolute Gasteiger partial charge is 0.326 e. The monoisotopic (exact) mass is 287 g/mol. The van der Waals surface area contributed by atoms with Gasteiger partial charge >= 0.3 is 12.0 Å². The van der Waals surface area contributed by atoms with E-state index in [2.05, 4.69) is 10.6 Å². The molecule has 20 heavy (non-hydrogen) atoms. The zero-order valence-corrected chi connectivity index (χ0v) is 11.6. The van der Waals surface area contributed by atoms with Gasteiger partial charge in [0.2, 0.25) is 5.91 Å². The van der Waals surface area contributed by atoms with Crippen molar-refractivity contribution in [2.45, 2.75) is 25.3 Å². The quantitative estimate of drug-likeness (QED) is 0.565. The molecule has 1 rings (SSSR count). The summed E-state index contributed by atoms with van der Waals surface area (Å²) in [6.45, 7) is 1.50. The van der Waals surface area contributed by atoms with Crippen molar-refractivity contribution in [2.75, 3.05) is 33.4 Å². The summed E-state index contributed by atoms with van der Waals surface area (Å²) in [4.78, 5) is 35.7. The number of methoxy groups -OCH3 is 1. The Morgan fingerprint density at radius 1 is 1.50 bits per heavy atom. The van der Waals surface area contributed by atoms with Gasteiger partial charge in [-0.05, 0) is 12.8 Å². The fraction of sp³-hybridized carbons (Fsp3) is 0.750. The van der Waals surface area contributed by atoms with Crippen molar-refractivity contribution in [3.8, 4) is 0 Å². The Hall–Kier alpha value is -1.83. The first-order valence-electron chi connectivity index (χ1n) is 6.58. The summed E-state index contributed by atoms with van der Waals surface area (Å²) < 4.78 is 4.86. The second kappa shape index (κ2) is 8.36. The van der Waals surface area contributed by atoms with Crippen LogP contribution in [0.2, 0.25) is 0 Å². The van der Waals surface area contributed by atoms with Gasteiger partial charge < -0.3 is 25.4 Å². The lowest BCUT2D eigenvalue weighted by molar-refractivity contribution is -0.139. The van der Waals surface area contributed by atoms with E-state index >= 15 is 0 Å². The molecule has 0 aromatic rings. The fourth-order valence-corrected chi connectivity index (χ4v) is 1.90. The first-order valence-corrected chi connectivity index (χ1v) is 6.58. The number of amides is 3. The van der Waals surface area contributed by atoms with Gasteiger partial charge in [0.05, 0.1) is 0 Å². The molecule has 1 fully saturated rings. The lowest BCUT2D eigenvalue weighted by Gasteiger charge is -2.23. The van der Waals surface area contributed by atoms with Crippen LogP contribution in [0.15, 0.2) is 0 Å². The summed E-state index contributed by atoms with van der Waals surface area (Å²) >= 11 is 0. The molecule has 1 aliphatic heterocycles. The molecule has 0 saturated carbocycles. The highest BCUT2D eigenvalue weighted by atomic mass is 16.5. The Labute approximate surface area is 117 Å². The summed E-state index contributed by atoms with van der Waals surface area (Å²) in [5.41, 5.74) is 0. The molecule has 0 bridgehead atoms. The van der Waals surface area contributed by atoms with Crippen LogP contribution in [0.1, 0.15) is 19.3 Å². The van der Waals surface area contributed by atoms with Crippen LogP contribution in [0.3, 0.4) is 0 Å². The summed E-state index contributed by atoms with van der Waals surface area (Å²) in [5.74, 6) is -1.17. The number of nitrogens with zero attached hydrogens (tertiary/aromatic N) is 1. The van der Waals surface area contributed by atoms with Crippen LogP contribution in [0.5, 0.6) is 0 Å². The second-order valence-electron chi connectivity index (χ2n) is 4.56. The number of carbonyl (C=O) groups is 3. The molecule has 0 aromatic heterocycles. The number of ether oxygens (including phenoxy) is 1. The van der Waals surface area contributed by atoms with Crippen molar-refractivity contribution in [1.29, 1.82) is 0 Å². The summed E-state index contributed by atoms with van der Waals surface area (Å²) in [5, 5.41) is 14.2. The summed E-state index contributed by atoms with van der Waals surface area (Å²) in [7, 11) is 1.54. The molecule has 8 nitrogen and oxygen atoms in total. The maximum absolute atomic E-state index is 12.0.